The molecule has 1 amide bonds. The van der Waals surface area contributed by atoms with Crippen molar-refractivity contribution in [3.8, 4) is 11.3 Å². The Balaban J connectivity index is 1.69. The average molecular weight is 333 g/mol. The summed E-state index contributed by atoms with van der Waals surface area (Å²) >= 11 is 0. The van der Waals surface area contributed by atoms with Gasteiger partial charge in [0.1, 0.15) is 11.6 Å². The Kier molecular flexibility index (Phi) is 3.66. The van der Waals surface area contributed by atoms with Crippen molar-refractivity contribution >= 4 is 17.4 Å². The van der Waals surface area contributed by atoms with Gasteiger partial charge in [0.25, 0.3) is 0 Å². The van der Waals surface area contributed by atoms with Gasteiger partial charge in [0.2, 0.25) is 5.91 Å². The number of anilines is 1. The Bertz CT molecular complexity index is 1040. The lowest BCUT2D eigenvalue weighted by Crippen LogP contribution is -2.10. The number of hydrogen-bond donors (Lipinski definition) is 2. The zero-order valence-corrected chi connectivity index (χ0v) is 13.2. The molecular weight excluding hydrogens is 318 g/mol. The first-order valence-electron chi connectivity index (χ1n) is 7.72. The number of benzene rings is 1. The number of nitrogens with two attached hydrogens (primary N) is 1. The summed E-state index contributed by atoms with van der Waals surface area (Å²) in [6, 6.07) is 14.5. The van der Waals surface area contributed by atoms with Gasteiger partial charge >= 0.3 is 0 Å². The van der Waals surface area contributed by atoms with E-state index in [1.165, 1.54) is 0 Å². The molecule has 0 unspecified atom stereocenters. The lowest BCUT2D eigenvalue weighted by atomic mass is 10.1. The largest absolute Gasteiger partial charge is 0.467 e. The molecule has 124 valence electrons. The molecule has 0 aliphatic heterocycles. The van der Waals surface area contributed by atoms with Crippen molar-refractivity contribution in [3.63, 3.8) is 0 Å². The van der Waals surface area contributed by atoms with Gasteiger partial charge < -0.3 is 15.5 Å². The van der Waals surface area contributed by atoms with Crippen LogP contribution in [-0.2, 0) is 6.54 Å². The Morgan fingerprint density at radius 1 is 1.20 bits per heavy atom. The predicted molar refractivity (Wildman–Crippen MR) is 93.0 cm³/mol. The number of furan rings is 1. The van der Waals surface area contributed by atoms with Crippen LogP contribution in [0.4, 0.5) is 5.82 Å². The highest BCUT2D eigenvalue weighted by Crippen LogP contribution is 2.22. The van der Waals surface area contributed by atoms with E-state index < -0.39 is 5.91 Å². The molecule has 0 spiro atoms. The molecule has 3 N–H and O–H groups in total. The summed E-state index contributed by atoms with van der Waals surface area (Å²) in [7, 11) is 0. The third kappa shape index (κ3) is 2.94. The van der Waals surface area contributed by atoms with Crippen molar-refractivity contribution < 1.29 is 9.21 Å². The fourth-order valence-corrected chi connectivity index (χ4v) is 2.59. The number of carbonyl (C=O) groups is 1. The quantitative estimate of drug-likeness (QED) is 0.585. The minimum absolute atomic E-state index is 0.444. The van der Waals surface area contributed by atoms with Gasteiger partial charge in [-0.05, 0) is 36.4 Å². The smallest absolute Gasteiger partial charge is 0.248 e. The minimum Gasteiger partial charge on any atom is -0.467 e. The van der Waals surface area contributed by atoms with Gasteiger partial charge in [-0.1, -0.05) is 12.1 Å². The number of primary amides is 1. The van der Waals surface area contributed by atoms with Crippen LogP contribution in [0.2, 0.25) is 0 Å². The second-order valence-electron chi connectivity index (χ2n) is 5.51. The van der Waals surface area contributed by atoms with Gasteiger partial charge in [0, 0.05) is 11.1 Å². The summed E-state index contributed by atoms with van der Waals surface area (Å²) in [6.45, 7) is 0.534. The summed E-state index contributed by atoms with van der Waals surface area (Å²) in [5.74, 6) is 1.04. The molecule has 4 aromatic rings. The van der Waals surface area contributed by atoms with E-state index in [0.29, 0.717) is 23.6 Å². The van der Waals surface area contributed by atoms with E-state index in [-0.39, 0.29) is 0 Å². The first kappa shape index (κ1) is 14.9. The predicted octanol–water partition coefficient (Wildman–Crippen LogP) is 2.70. The summed E-state index contributed by atoms with van der Waals surface area (Å²) in [6.07, 6.45) is 3.35. The number of aromatic nitrogens is 3. The molecule has 0 saturated carbocycles. The molecule has 0 atom stereocenters. The maximum atomic E-state index is 11.4. The summed E-state index contributed by atoms with van der Waals surface area (Å²) in [4.78, 5) is 15.8. The van der Waals surface area contributed by atoms with E-state index in [1.54, 1.807) is 35.2 Å². The number of hydrogen-bond acceptors (Lipinski definition) is 5. The van der Waals surface area contributed by atoms with Crippen LogP contribution >= 0.6 is 0 Å². The molecule has 7 heteroatoms. The molecule has 3 heterocycles. The van der Waals surface area contributed by atoms with Crippen molar-refractivity contribution in [2.24, 2.45) is 5.73 Å². The van der Waals surface area contributed by atoms with Gasteiger partial charge in [-0.3, -0.25) is 4.79 Å². The number of carbonyl (C=O) groups excluding carboxylic acids is 1. The van der Waals surface area contributed by atoms with Crippen molar-refractivity contribution in [1.29, 1.82) is 0 Å². The second kappa shape index (κ2) is 6.12. The summed E-state index contributed by atoms with van der Waals surface area (Å²) in [5.41, 5.74) is 8.11. The number of imidazole rings is 1. The first-order chi connectivity index (χ1) is 12.2. The number of nitrogens with one attached hydrogen (secondary N) is 1. The highest BCUT2D eigenvalue weighted by Gasteiger charge is 2.10. The fourth-order valence-electron chi connectivity index (χ4n) is 2.59. The molecule has 0 aliphatic carbocycles. The van der Waals surface area contributed by atoms with Crippen LogP contribution in [0, 0.1) is 0 Å². The zero-order chi connectivity index (χ0) is 17.2. The molecule has 0 radical (unpaired) electrons. The average Bonchev–Trinajstić information content (AvgIpc) is 3.29. The van der Waals surface area contributed by atoms with Crippen LogP contribution < -0.4 is 11.1 Å². The van der Waals surface area contributed by atoms with Gasteiger partial charge in [0.05, 0.1) is 24.7 Å². The standard InChI is InChI=1S/C18H15N5O2/c19-18(24)13-4-1-3-12(9-13)15-11-21-17-7-6-16(22-23(15)17)20-10-14-5-2-8-25-14/h1-9,11H,10H2,(H2,19,24)(H,20,22). The molecular formula is C18H15N5O2. The van der Waals surface area contributed by atoms with Gasteiger partial charge in [0.15, 0.2) is 5.65 Å². The van der Waals surface area contributed by atoms with Crippen LogP contribution in [0.1, 0.15) is 16.1 Å². The van der Waals surface area contributed by atoms with Crippen molar-refractivity contribution in [3.05, 3.63) is 72.3 Å². The van der Waals surface area contributed by atoms with Crippen LogP contribution in [-0.4, -0.2) is 20.5 Å². The molecule has 0 aliphatic rings. The van der Waals surface area contributed by atoms with E-state index in [2.05, 4.69) is 15.4 Å². The molecule has 7 nitrogen and oxygen atoms in total. The Labute approximate surface area is 143 Å². The van der Waals surface area contributed by atoms with E-state index in [9.17, 15) is 4.79 Å². The van der Waals surface area contributed by atoms with Crippen molar-refractivity contribution in [2.45, 2.75) is 6.54 Å². The van der Waals surface area contributed by atoms with Crippen molar-refractivity contribution in [1.82, 2.24) is 14.6 Å². The molecule has 0 fully saturated rings. The molecule has 3 aromatic heterocycles. The monoisotopic (exact) mass is 333 g/mol. The van der Waals surface area contributed by atoms with Gasteiger partial charge in [-0.2, -0.15) is 0 Å². The van der Waals surface area contributed by atoms with E-state index >= 15 is 0 Å². The highest BCUT2D eigenvalue weighted by molar-refractivity contribution is 5.94. The lowest BCUT2D eigenvalue weighted by Gasteiger charge is -2.06. The second-order valence-corrected chi connectivity index (χ2v) is 5.51. The molecule has 4 rings (SSSR count). The highest BCUT2D eigenvalue weighted by atomic mass is 16.3. The van der Waals surface area contributed by atoms with Crippen LogP contribution in [0.3, 0.4) is 0 Å². The fraction of sp³-hybridized carbons (Fsp3) is 0.0556. The Morgan fingerprint density at radius 2 is 2.12 bits per heavy atom. The summed E-state index contributed by atoms with van der Waals surface area (Å²) < 4.78 is 7.03. The number of rotatable bonds is 5. The Morgan fingerprint density at radius 3 is 2.92 bits per heavy atom. The maximum absolute atomic E-state index is 11.4. The van der Waals surface area contributed by atoms with Crippen LogP contribution in [0.5, 0.6) is 0 Å². The third-order valence-electron chi connectivity index (χ3n) is 3.83. The Hall–Kier alpha value is -3.61. The van der Waals surface area contributed by atoms with Crippen LogP contribution in [0.25, 0.3) is 16.9 Å². The third-order valence-corrected chi connectivity index (χ3v) is 3.83. The SMILES string of the molecule is NC(=O)c1cccc(-c2cnc3ccc(NCc4ccco4)nn23)c1. The summed E-state index contributed by atoms with van der Waals surface area (Å²) in [5, 5.41) is 7.78. The zero-order valence-electron chi connectivity index (χ0n) is 13.2. The van der Waals surface area contributed by atoms with Crippen molar-refractivity contribution in [2.75, 3.05) is 5.32 Å². The van der Waals surface area contributed by atoms with E-state index in [4.69, 9.17) is 10.2 Å². The topological polar surface area (TPSA) is 98.5 Å². The maximum Gasteiger partial charge on any atom is 0.248 e. The lowest BCUT2D eigenvalue weighted by molar-refractivity contribution is 0.100. The molecule has 25 heavy (non-hydrogen) atoms. The number of nitrogens with zero attached hydrogens (tertiary/aromatic N) is 3. The molecule has 0 bridgehead atoms. The first-order valence-corrected chi connectivity index (χ1v) is 7.72. The van der Waals surface area contributed by atoms with Gasteiger partial charge in [-0.15, -0.1) is 5.10 Å². The number of fused-ring (bicyclic) bond motifs is 1. The van der Waals surface area contributed by atoms with Crippen LogP contribution in [0.15, 0.2) is 65.4 Å². The van der Waals surface area contributed by atoms with E-state index in [0.717, 1.165) is 17.0 Å². The van der Waals surface area contributed by atoms with E-state index in [1.807, 2.05) is 30.3 Å². The minimum atomic E-state index is -0.468. The normalized spacial score (nSPS) is 10.9. The van der Waals surface area contributed by atoms with Gasteiger partial charge in [-0.25, -0.2) is 9.50 Å². The molecule has 0 saturated heterocycles. The number of amides is 1. The molecule has 1 aromatic carbocycles.